The molecule has 1 aromatic rings. The third-order valence-electron chi connectivity index (χ3n) is 10.9. The van der Waals surface area contributed by atoms with Crippen LogP contribution in [0.15, 0.2) is 24.3 Å². The third kappa shape index (κ3) is 23.0. The maximum Gasteiger partial charge on any atom is 0.260 e. The minimum atomic E-state index is -0.785. The van der Waals surface area contributed by atoms with Crippen molar-refractivity contribution >= 4 is 23.6 Å². The molecule has 0 spiro atoms. The third-order valence-corrected chi connectivity index (χ3v) is 10.9. The first kappa shape index (κ1) is 51.4. The van der Waals surface area contributed by atoms with E-state index in [1.54, 1.807) is 18.2 Å². The van der Waals surface area contributed by atoms with Crippen molar-refractivity contribution in [2.45, 2.75) is 221 Å². The standard InChI is InChI=1S/C48H86N4O4/c1-7-9-11-13-15-17-19-21-23-25-27-29-34-51(47(55)43(49)36-39(3)4)45(53)41-32-31-33-42(38-41)46(54)52(48(56)44(50)37-40(5)6)35-30-28-26-24-22-20-18-16-14-12-10-8-2/h31-33,38-40,43-44H,7-30,34-37,49-50H2,1-6H3. The number of imide groups is 2. The van der Waals surface area contributed by atoms with Crippen LogP contribution in [0.2, 0.25) is 0 Å². The van der Waals surface area contributed by atoms with E-state index in [1.165, 1.54) is 119 Å². The number of hydrogen-bond donors (Lipinski definition) is 2. The van der Waals surface area contributed by atoms with E-state index in [4.69, 9.17) is 11.5 Å². The normalized spacial score (nSPS) is 12.6. The molecule has 0 fully saturated rings. The molecule has 4 N–H and O–H groups in total. The highest BCUT2D eigenvalue weighted by Gasteiger charge is 2.30. The van der Waals surface area contributed by atoms with Crippen LogP contribution < -0.4 is 11.5 Å². The largest absolute Gasteiger partial charge is 0.320 e. The topological polar surface area (TPSA) is 127 Å². The Hall–Kier alpha value is -2.58. The fourth-order valence-corrected chi connectivity index (χ4v) is 7.56. The summed E-state index contributed by atoms with van der Waals surface area (Å²) in [5.41, 5.74) is 13.2. The lowest BCUT2D eigenvalue weighted by atomic mass is 10.0. The molecule has 0 aliphatic rings. The summed E-state index contributed by atoms with van der Waals surface area (Å²) in [6.07, 6.45) is 29.5. The van der Waals surface area contributed by atoms with Gasteiger partial charge in [0.2, 0.25) is 11.8 Å². The Morgan fingerprint density at radius 3 is 1.00 bits per heavy atom. The Morgan fingerprint density at radius 2 is 0.732 bits per heavy atom. The Kier molecular flexibility index (Phi) is 29.7. The molecular weight excluding hydrogens is 697 g/mol. The van der Waals surface area contributed by atoms with E-state index in [0.29, 0.717) is 25.7 Å². The first-order chi connectivity index (χ1) is 26.9. The fourth-order valence-electron chi connectivity index (χ4n) is 7.56. The van der Waals surface area contributed by atoms with Gasteiger partial charge in [-0.05, 0) is 55.7 Å². The highest BCUT2D eigenvalue weighted by Crippen LogP contribution is 2.19. The molecule has 0 saturated heterocycles. The minimum Gasteiger partial charge on any atom is -0.320 e. The van der Waals surface area contributed by atoms with Crippen LogP contribution >= 0.6 is 0 Å². The van der Waals surface area contributed by atoms with E-state index in [0.717, 1.165) is 38.5 Å². The maximum absolute atomic E-state index is 14.1. The summed E-state index contributed by atoms with van der Waals surface area (Å²) in [4.78, 5) is 58.0. The Labute approximate surface area is 344 Å². The van der Waals surface area contributed by atoms with Crippen LogP contribution in [0.3, 0.4) is 0 Å². The van der Waals surface area contributed by atoms with Gasteiger partial charge in [-0.1, -0.05) is 189 Å². The van der Waals surface area contributed by atoms with E-state index in [-0.39, 0.29) is 47.9 Å². The Bertz CT molecular complexity index is 1110. The molecular formula is C48H86N4O4. The SMILES string of the molecule is CCCCCCCCCCCCCCN(C(=O)c1cccc(C(=O)N(CCCCCCCCCCCCCC)C(=O)C(N)CC(C)C)c1)C(=O)C(N)CC(C)C. The van der Waals surface area contributed by atoms with Crippen molar-refractivity contribution in [2.75, 3.05) is 13.1 Å². The summed E-state index contributed by atoms with van der Waals surface area (Å²) < 4.78 is 0. The van der Waals surface area contributed by atoms with Crippen LogP contribution in [-0.2, 0) is 9.59 Å². The van der Waals surface area contributed by atoms with E-state index in [1.807, 2.05) is 27.7 Å². The molecule has 0 aromatic heterocycles. The van der Waals surface area contributed by atoms with Gasteiger partial charge in [0.05, 0.1) is 12.1 Å². The lowest BCUT2D eigenvalue weighted by Crippen LogP contribution is -2.48. The van der Waals surface area contributed by atoms with Crippen LogP contribution in [0.1, 0.15) is 229 Å². The average molecular weight is 783 g/mol. The number of carbonyl (C=O) groups excluding carboxylic acids is 4. The number of unbranched alkanes of at least 4 members (excludes halogenated alkanes) is 22. The molecule has 0 saturated carbocycles. The Balaban J connectivity index is 2.94. The average Bonchev–Trinajstić information content (AvgIpc) is 3.17. The van der Waals surface area contributed by atoms with Crippen LogP contribution in [0.4, 0.5) is 0 Å². The molecule has 0 bridgehead atoms. The number of nitrogens with two attached hydrogens (primary N) is 2. The van der Waals surface area contributed by atoms with E-state index in [2.05, 4.69) is 13.8 Å². The van der Waals surface area contributed by atoms with E-state index >= 15 is 0 Å². The van der Waals surface area contributed by atoms with Crippen molar-refractivity contribution in [1.82, 2.24) is 9.80 Å². The molecule has 0 radical (unpaired) electrons. The predicted molar refractivity (Wildman–Crippen MR) is 236 cm³/mol. The molecule has 2 unspecified atom stereocenters. The zero-order valence-electron chi connectivity index (χ0n) is 37.1. The molecule has 8 heteroatoms. The first-order valence-corrected chi connectivity index (χ1v) is 23.3. The second kappa shape index (κ2) is 32.4. The summed E-state index contributed by atoms with van der Waals surface area (Å²) in [6.45, 7) is 13.1. The summed E-state index contributed by atoms with van der Waals surface area (Å²) in [5.74, 6) is -1.27. The zero-order valence-corrected chi connectivity index (χ0v) is 37.1. The number of hydrogen-bond acceptors (Lipinski definition) is 6. The van der Waals surface area contributed by atoms with E-state index in [9.17, 15) is 19.2 Å². The second-order valence-corrected chi connectivity index (χ2v) is 17.4. The van der Waals surface area contributed by atoms with Crippen LogP contribution in [-0.4, -0.2) is 58.6 Å². The number of nitrogens with zero attached hydrogens (tertiary/aromatic N) is 2. The minimum absolute atomic E-state index is 0.203. The Morgan fingerprint density at radius 1 is 0.464 bits per heavy atom. The van der Waals surface area contributed by atoms with Gasteiger partial charge in [-0.25, -0.2) is 0 Å². The van der Waals surface area contributed by atoms with Crippen molar-refractivity contribution in [1.29, 1.82) is 0 Å². The number of rotatable bonds is 34. The van der Waals surface area contributed by atoms with Gasteiger partial charge in [-0.2, -0.15) is 0 Å². The van der Waals surface area contributed by atoms with Crippen molar-refractivity contribution < 1.29 is 19.2 Å². The van der Waals surface area contributed by atoms with Crippen molar-refractivity contribution in [3.8, 4) is 0 Å². The maximum atomic E-state index is 14.1. The van der Waals surface area contributed by atoms with Crippen molar-refractivity contribution in [3.63, 3.8) is 0 Å². The summed E-state index contributed by atoms with van der Waals surface area (Å²) in [5, 5.41) is 0. The molecule has 8 nitrogen and oxygen atoms in total. The van der Waals surface area contributed by atoms with Gasteiger partial charge >= 0.3 is 0 Å². The van der Waals surface area contributed by atoms with Gasteiger partial charge in [0.25, 0.3) is 11.8 Å². The van der Waals surface area contributed by atoms with Crippen LogP contribution in [0.25, 0.3) is 0 Å². The molecule has 4 amide bonds. The van der Waals surface area contributed by atoms with Gasteiger partial charge in [-0.15, -0.1) is 0 Å². The lowest BCUT2D eigenvalue weighted by molar-refractivity contribution is -0.131. The van der Waals surface area contributed by atoms with Gasteiger partial charge in [0.1, 0.15) is 0 Å². The molecule has 2 atom stereocenters. The van der Waals surface area contributed by atoms with Crippen LogP contribution in [0, 0.1) is 11.8 Å². The molecule has 0 aliphatic heterocycles. The molecule has 1 aromatic carbocycles. The van der Waals surface area contributed by atoms with Crippen molar-refractivity contribution in [2.24, 2.45) is 23.3 Å². The van der Waals surface area contributed by atoms with Gasteiger partial charge in [0.15, 0.2) is 0 Å². The summed E-state index contributed by atoms with van der Waals surface area (Å²) >= 11 is 0. The highest BCUT2D eigenvalue weighted by atomic mass is 16.2. The van der Waals surface area contributed by atoms with Crippen molar-refractivity contribution in [3.05, 3.63) is 35.4 Å². The van der Waals surface area contributed by atoms with Gasteiger partial charge in [0, 0.05) is 24.2 Å². The molecule has 56 heavy (non-hydrogen) atoms. The lowest BCUT2D eigenvalue weighted by Gasteiger charge is -2.26. The van der Waals surface area contributed by atoms with E-state index < -0.39 is 23.9 Å². The van der Waals surface area contributed by atoms with Crippen LogP contribution in [0.5, 0.6) is 0 Å². The first-order valence-electron chi connectivity index (χ1n) is 23.3. The van der Waals surface area contributed by atoms with Gasteiger partial charge < -0.3 is 11.5 Å². The molecule has 0 aliphatic carbocycles. The second-order valence-electron chi connectivity index (χ2n) is 17.4. The monoisotopic (exact) mass is 783 g/mol. The number of amides is 4. The summed E-state index contributed by atoms with van der Waals surface area (Å²) in [6, 6.07) is 4.88. The molecule has 0 heterocycles. The summed E-state index contributed by atoms with van der Waals surface area (Å²) in [7, 11) is 0. The highest BCUT2D eigenvalue weighted by molar-refractivity contribution is 6.09. The smallest absolute Gasteiger partial charge is 0.260 e. The zero-order chi connectivity index (χ0) is 41.6. The fraction of sp³-hybridized carbons (Fsp3) is 0.792. The predicted octanol–water partition coefficient (Wildman–Crippen LogP) is 11.8. The number of carbonyl (C=O) groups is 4. The quantitative estimate of drug-likeness (QED) is 0.0670. The molecule has 1 rings (SSSR count). The van der Waals surface area contributed by atoms with Gasteiger partial charge in [-0.3, -0.25) is 29.0 Å². The number of benzene rings is 1. The molecule has 322 valence electrons.